The highest BCUT2D eigenvalue weighted by atomic mass is 16.5. The topological polar surface area (TPSA) is 72.6 Å². The van der Waals surface area contributed by atoms with Crippen molar-refractivity contribution < 1.29 is 14.6 Å². The van der Waals surface area contributed by atoms with Gasteiger partial charge >= 0.3 is 5.97 Å². The summed E-state index contributed by atoms with van der Waals surface area (Å²) in [5, 5.41) is 8.76. The van der Waals surface area contributed by atoms with Gasteiger partial charge in [-0.15, -0.1) is 0 Å². The third-order valence-corrected chi connectivity index (χ3v) is 3.13. The van der Waals surface area contributed by atoms with E-state index >= 15 is 0 Å². The van der Waals surface area contributed by atoms with Gasteiger partial charge in [0.2, 0.25) is 0 Å². The number of aliphatic carboxylic acids is 1. The summed E-state index contributed by atoms with van der Waals surface area (Å²) >= 11 is 0. The lowest BCUT2D eigenvalue weighted by Crippen LogP contribution is -2.43. The molecule has 4 nitrogen and oxygen atoms in total. The zero-order valence-corrected chi connectivity index (χ0v) is 7.53. The lowest BCUT2D eigenvalue weighted by Gasteiger charge is -2.31. The van der Waals surface area contributed by atoms with Crippen molar-refractivity contribution >= 4 is 5.97 Å². The Morgan fingerprint density at radius 1 is 1.62 bits per heavy atom. The average Bonchev–Trinajstić information content (AvgIpc) is 2.83. The summed E-state index contributed by atoms with van der Waals surface area (Å²) < 4.78 is 5.59. The largest absolute Gasteiger partial charge is 0.480 e. The Hall–Kier alpha value is -0.610. The van der Waals surface area contributed by atoms with E-state index in [0.717, 1.165) is 25.7 Å². The number of rotatable bonds is 2. The Bertz CT molecular complexity index is 225. The average molecular weight is 185 g/mol. The van der Waals surface area contributed by atoms with Crippen LogP contribution >= 0.6 is 0 Å². The van der Waals surface area contributed by atoms with Crippen LogP contribution in [0.2, 0.25) is 0 Å². The number of nitrogens with two attached hydrogens (primary N) is 1. The first-order valence-electron chi connectivity index (χ1n) is 4.75. The fraction of sp³-hybridized carbons (Fsp3) is 0.889. The van der Waals surface area contributed by atoms with Crippen molar-refractivity contribution in [2.75, 3.05) is 6.61 Å². The monoisotopic (exact) mass is 185 g/mol. The van der Waals surface area contributed by atoms with E-state index in [2.05, 4.69) is 0 Å². The maximum atomic E-state index is 10.7. The molecule has 2 unspecified atom stereocenters. The van der Waals surface area contributed by atoms with Crippen LogP contribution in [0.3, 0.4) is 0 Å². The summed E-state index contributed by atoms with van der Waals surface area (Å²) in [7, 11) is 0. The molecular weight excluding hydrogens is 170 g/mol. The molecule has 1 heterocycles. The normalized spacial score (nSPS) is 32.8. The van der Waals surface area contributed by atoms with Crippen LogP contribution in [-0.4, -0.2) is 29.3 Å². The lowest BCUT2D eigenvalue weighted by atomic mass is 9.88. The van der Waals surface area contributed by atoms with Crippen LogP contribution in [0.1, 0.15) is 25.7 Å². The summed E-state index contributed by atoms with van der Waals surface area (Å²) in [6.07, 6.45) is 3.78. The summed E-state index contributed by atoms with van der Waals surface area (Å²) in [5.41, 5.74) is 5.61. The first-order valence-corrected chi connectivity index (χ1v) is 4.75. The lowest BCUT2D eigenvalue weighted by molar-refractivity contribution is -0.141. The smallest absolute Gasteiger partial charge is 0.320 e. The Morgan fingerprint density at radius 2 is 2.31 bits per heavy atom. The van der Waals surface area contributed by atoms with Crippen LogP contribution in [0.5, 0.6) is 0 Å². The van der Waals surface area contributed by atoms with Crippen molar-refractivity contribution in [3.05, 3.63) is 0 Å². The van der Waals surface area contributed by atoms with E-state index in [1.807, 2.05) is 0 Å². The predicted octanol–water partition coefficient (Wildman–Crippen LogP) is 0.357. The highest BCUT2D eigenvalue weighted by Gasteiger charge is 2.49. The fourth-order valence-corrected chi connectivity index (χ4v) is 2.06. The van der Waals surface area contributed by atoms with E-state index in [0.29, 0.717) is 6.61 Å². The van der Waals surface area contributed by atoms with E-state index in [1.165, 1.54) is 0 Å². The number of ether oxygens (including phenoxy) is 1. The first-order chi connectivity index (χ1) is 6.13. The van der Waals surface area contributed by atoms with Gasteiger partial charge in [-0.1, -0.05) is 0 Å². The summed E-state index contributed by atoms with van der Waals surface area (Å²) in [6.45, 7) is 0.672. The number of carbonyl (C=O) groups is 1. The van der Waals surface area contributed by atoms with Crippen molar-refractivity contribution in [1.29, 1.82) is 0 Å². The van der Waals surface area contributed by atoms with Crippen molar-refractivity contribution in [2.24, 2.45) is 11.7 Å². The summed E-state index contributed by atoms with van der Waals surface area (Å²) in [4.78, 5) is 10.7. The van der Waals surface area contributed by atoms with Crippen molar-refractivity contribution in [3.8, 4) is 0 Å². The van der Waals surface area contributed by atoms with Gasteiger partial charge in [-0.3, -0.25) is 4.79 Å². The molecule has 3 N–H and O–H groups in total. The molecule has 1 saturated carbocycles. The number of carboxylic acids is 1. The highest BCUT2D eigenvalue weighted by Crippen LogP contribution is 2.48. The van der Waals surface area contributed by atoms with Crippen LogP contribution in [-0.2, 0) is 9.53 Å². The zero-order valence-electron chi connectivity index (χ0n) is 7.53. The Morgan fingerprint density at radius 3 is 2.85 bits per heavy atom. The fourth-order valence-electron chi connectivity index (χ4n) is 2.06. The third-order valence-electron chi connectivity index (χ3n) is 3.13. The maximum absolute atomic E-state index is 10.7. The number of hydrogen-bond acceptors (Lipinski definition) is 3. The van der Waals surface area contributed by atoms with Crippen LogP contribution in [0.15, 0.2) is 0 Å². The van der Waals surface area contributed by atoms with Gasteiger partial charge < -0.3 is 15.6 Å². The van der Waals surface area contributed by atoms with Gasteiger partial charge in [-0.05, 0) is 31.6 Å². The standard InChI is InChI=1S/C9H15NO3/c10-7(8(11)12)6-1-4-13-9(5-6)2-3-9/h6-7H,1-5,10H2,(H,11,12). The van der Waals surface area contributed by atoms with E-state index in [-0.39, 0.29) is 11.5 Å². The molecule has 0 aromatic heterocycles. The summed E-state index contributed by atoms with van der Waals surface area (Å²) in [5.74, 6) is -0.781. The van der Waals surface area contributed by atoms with Gasteiger partial charge in [0.25, 0.3) is 0 Å². The molecule has 0 radical (unpaired) electrons. The highest BCUT2D eigenvalue weighted by molar-refractivity contribution is 5.73. The van der Waals surface area contributed by atoms with Gasteiger partial charge in [0.15, 0.2) is 0 Å². The second kappa shape index (κ2) is 2.96. The van der Waals surface area contributed by atoms with Crippen LogP contribution in [0.4, 0.5) is 0 Å². The maximum Gasteiger partial charge on any atom is 0.320 e. The molecule has 2 fully saturated rings. The van der Waals surface area contributed by atoms with E-state index in [4.69, 9.17) is 15.6 Å². The molecule has 2 aliphatic rings. The molecule has 13 heavy (non-hydrogen) atoms. The van der Waals surface area contributed by atoms with Crippen LogP contribution < -0.4 is 5.73 Å². The van der Waals surface area contributed by atoms with Gasteiger partial charge in [0, 0.05) is 6.61 Å². The molecule has 0 aromatic carbocycles. The van der Waals surface area contributed by atoms with Crippen LogP contribution in [0.25, 0.3) is 0 Å². The minimum atomic E-state index is -0.886. The molecule has 1 spiro atoms. The van der Waals surface area contributed by atoms with E-state index in [1.54, 1.807) is 0 Å². The van der Waals surface area contributed by atoms with Crippen molar-refractivity contribution in [3.63, 3.8) is 0 Å². The molecule has 2 atom stereocenters. The Balaban J connectivity index is 1.96. The van der Waals surface area contributed by atoms with Crippen LogP contribution in [0, 0.1) is 5.92 Å². The molecule has 2 rings (SSSR count). The number of hydrogen-bond donors (Lipinski definition) is 2. The summed E-state index contributed by atoms with van der Waals surface area (Å²) in [6, 6.07) is -0.707. The molecule has 0 bridgehead atoms. The minimum Gasteiger partial charge on any atom is -0.480 e. The molecule has 1 aliphatic carbocycles. The number of carboxylic acid groups (broad SMARTS) is 1. The second-order valence-electron chi connectivity index (χ2n) is 4.15. The van der Waals surface area contributed by atoms with E-state index < -0.39 is 12.0 Å². The van der Waals surface area contributed by atoms with E-state index in [9.17, 15) is 4.79 Å². The molecule has 0 amide bonds. The third kappa shape index (κ3) is 1.69. The molecule has 4 heteroatoms. The van der Waals surface area contributed by atoms with Crippen molar-refractivity contribution in [1.82, 2.24) is 0 Å². The zero-order chi connectivity index (χ0) is 9.47. The molecule has 0 aromatic rings. The second-order valence-corrected chi connectivity index (χ2v) is 4.15. The Kier molecular flexibility index (Phi) is 2.04. The molecule has 74 valence electrons. The molecule has 1 aliphatic heterocycles. The first kappa shape index (κ1) is 8.97. The quantitative estimate of drug-likeness (QED) is 0.651. The molecular formula is C9H15NO3. The minimum absolute atomic E-state index is 0.0238. The van der Waals surface area contributed by atoms with Crippen molar-refractivity contribution in [2.45, 2.75) is 37.3 Å². The van der Waals surface area contributed by atoms with Gasteiger partial charge in [-0.2, -0.15) is 0 Å². The van der Waals surface area contributed by atoms with Gasteiger partial charge in [-0.25, -0.2) is 0 Å². The van der Waals surface area contributed by atoms with Gasteiger partial charge in [0.1, 0.15) is 6.04 Å². The molecule has 1 saturated heterocycles. The Labute approximate surface area is 77.1 Å². The predicted molar refractivity (Wildman–Crippen MR) is 46.3 cm³/mol. The van der Waals surface area contributed by atoms with Gasteiger partial charge in [0.05, 0.1) is 5.60 Å². The SMILES string of the molecule is NC(C(=O)O)C1CCOC2(CC2)C1.